The summed E-state index contributed by atoms with van der Waals surface area (Å²) in [6, 6.07) is 14.9. The van der Waals surface area contributed by atoms with Gasteiger partial charge in [0.25, 0.3) is 5.91 Å². The van der Waals surface area contributed by atoms with Crippen LogP contribution in [0.4, 0.5) is 5.69 Å². The van der Waals surface area contributed by atoms with Gasteiger partial charge in [0, 0.05) is 28.4 Å². The van der Waals surface area contributed by atoms with Crippen molar-refractivity contribution in [2.24, 2.45) is 0 Å². The van der Waals surface area contributed by atoms with E-state index < -0.39 is 6.04 Å². The summed E-state index contributed by atoms with van der Waals surface area (Å²) in [7, 11) is 0. The van der Waals surface area contributed by atoms with Gasteiger partial charge in [-0.3, -0.25) is 24.3 Å². The second kappa shape index (κ2) is 10.5. The molecule has 1 N–H and O–H groups in total. The predicted molar refractivity (Wildman–Crippen MR) is 130 cm³/mol. The van der Waals surface area contributed by atoms with Crippen molar-refractivity contribution in [1.82, 2.24) is 10.3 Å². The molecule has 0 spiro atoms. The van der Waals surface area contributed by atoms with Crippen LogP contribution in [0.3, 0.4) is 0 Å². The topological polar surface area (TPSA) is 79.4 Å². The summed E-state index contributed by atoms with van der Waals surface area (Å²) in [4.78, 5) is 45.7. The van der Waals surface area contributed by atoms with Crippen LogP contribution in [0.15, 0.2) is 66.2 Å². The number of ketones is 1. The Bertz CT molecular complexity index is 1090. The number of aromatic nitrogens is 1. The number of Topliss-reactive ketones (excluding diaryl/α,β-unsaturated/α-hetero) is 1. The van der Waals surface area contributed by atoms with Crippen LogP contribution in [0.2, 0.25) is 0 Å². The van der Waals surface area contributed by atoms with Crippen LogP contribution in [-0.4, -0.2) is 28.6 Å². The molecule has 1 saturated carbocycles. The molecule has 6 nitrogen and oxygen atoms in total. The van der Waals surface area contributed by atoms with Gasteiger partial charge in [-0.15, -0.1) is 11.3 Å². The maximum absolute atomic E-state index is 13.7. The van der Waals surface area contributed by atoms with Crippen molar-refractivity contribution < 1.29 is 14.4 Å². The minimum Gasteiger partial charge on any atom is -0.351 e. The molecule has 1 aromatic carbocycles. The van der Waals surface area contributed by atoms with Gasteiger partial charge in [-0.1, -0.05) is 31.4 Å². The van der Waals surface area contributed by atoms with Crippen LogP contribution in [0.25, 0.3) is 0 Å². The van der Waals surface area contributed by atoms with Crippen molar-refractivity contribution >= 4 is 34.6 Å². The number of amides is 2. The number of thiophene rings is 1. The van der Waals surface area contributed by atoms with Gasteiger partial charge < -0.3 is 5.32 Å². The quantitative estimate of drug-likeness (QED) is 0.492. The van der Waals surface area contributed by atoms with Crippen LogP contribution in [0.1, 0.15) is 70.8 Å². The third kappa shape index (κ3) is 5.37. The van der Waals surface area contributed by atoms with Gasteiger partial charge in [-0.25, -0.2) is 0 Å². The number of rotatable bonds is 7. The molecule has 0 aliphatic heterocycles. The zero-order chi connectivity index (χ0) is 23.2. The van der Waals surface area contributed by atoms with Crippen molar-refractivity contribution in [3.63, 3.8) is 0 Å². The van der Waals surface area contributed by atoms with Crippen molar-refractivity contribution in [2.75, 3.05) is 4.90 Å². The van der Waals surface area contributed by atoms with Crippen molar-refractivity contribution in [3.8, 4) is 0 Å². The van der Waals surface area contributed by atoms with Gasteiger partial charge in [-0.2, -0.15) is 0 Å². The number of carbonyl (C=O) groups excluding carboxylic acids is 3. The summed E-state index contributed by atoms with van der Waals surface area (Å²) < 4.78 is 0. The van der Waals surface area contributed by atoms with E-state index in [4.69, 9.17) is 0 Å². The zero-order valence-corrected chi connectivity index (χ0v) is 19.4. The molecule has 1 unspecified atom stereocenters. The Morgan fingerprint density at radius 3 is 2.36 bits per heavy atom. The van der Waals surface area contributed by atoms with E-state index in [2.05, 4.69) is 10.3 Å². The van der Waals surface area contributed by atoms with Gasteiger partial charge in [0.2, 0.25) is 5.91 Å². The highest BCUT2D eigenvalue weighted by molar-refractivity contribution is 7.10. The van der Waals surface area contributed by atoms with E-state index in [0.29, 0.717) is 11.3 Å². The number of nitrogens with zero attached hydrogens (tertiary/aromatic N) is 2. The molecular formula is C26H27N3O3S. The molecule has 7 heteroatoms. The van der Waals surface area contributed by atoms with Crippen molar-refractivity contribution in [1.29, 1.82) is 0 Å². The van der Waals surface area contributed by atoms with Crippen LogP contribution >= 0.6 is 11.3 Å². The first-order valence-electron chi connectivity index (χ1n) is 11.2. The first-order valence-corrected chi connectivity index (χ1v) is 12.1. The summed E-state index contributed by atoms with van der Waals surface area (Å²) in [5.74, 6) is -0.637. The molecule has 0 saturated heterocycles. The van der Waals surface area contributed by atoms with Crippen LogP contribution in [0.5, 0.6) is 0 Å². The Morgan fingerprint density at radius 1 is 1.00 bits per heavy atom. The summed E-state index contributed by atoms with van der Waals surface area (Å²) in [6.45, 7) is 1.50. The van der Waals surface area contributed by atoms with Gasteiger partial charge in [0.1, 0.15) is 5.69 Å². The molecule has 3 aromatic rings. The van der Waals surface area contributed by atoms with Gasteiger partial charge >= 0.3 is 0 Å². The number of anilines is 1. The van der Waals surface area contributed by atoms with Crippen molar-refractivity contribution in [2.45, 2.75) is 51.1 Å². The first kappa shape index (κ1) is 22.9. The second-order valence-electron chi connectivity index (χ2n) is 8.25. The number of nitrogens with one attached hydrogen (secondary N) is 1. The Balaban J connectivity index is 1.76. The Kier molecular flexibility index (Phi) is 7.29. The van der Waals surface area contributed by atoms with Crippen LogP contribution in [0, 0.1) is 0 Å². The lowest BCUT2D eigenvalue weighted by atomic mass is 9.95. The van der Waals surface area contributed by atoms with E-state index in [1.54, 1.807) is 48.7 Å². The average Bonchev–Trinajstić information content (AvgIpc) is 3.37. The Morgan fingerprint density at radius 2 is 1.76 bits per heavy atom. The maximum atomic E-state index is 13.7. The van der Waals surface area contributed by atoms with E-state index in [-0.39, 0.29) is 29.3 Å². The minimum absolute atomic E-state index is 0.0611. The SMILES string of the molecule is CC(=O)c1ccc(N(C(=O)c2ccccn2)C(C(=O)NC2CCCCC2)c2cccs2)cc1. The zero-order valence-electron chi connectivity index (χ0n) is 18.6. The summed E-state index contributed by atoms with van der Waals surface area (Å²) in [6.07, 6.45) is 6.84. The molecule has 2 amide bonds. The van der Waals surface area contributed by atoms with E-state index in [0.717, 1.165) is 30.6 Å². The molecule has 2 aromatic heterocycles. The molecule has 2 heterocycles. The molecule has 1 aliphatic carbocycles. The second-order valence-corrected chi connectivity index (χ2v) is 9.23. The molecule has 0 bridgehead atoms. The number of benzene rings is 1. The van der Waals surface area contributed by atoms with E-state index >= 15 is 0 Å². The molecule has 33 heavy (non-hydrogen) atoms. The third-order valence-electron chi connectivity index (χ3n) is 5.93. The minimum atomic E-state index is -0.843. The normalized spacial score (nSPS) is 14.9. The highest BCUT2D eigenvalue weighted by Crippen LogP contribution is 2.33. The average molecular weight is 462 g/mol. The van der Waals surface area contributed by atoms with Crippen molar-refractivity contribution in [3.05, 3.63) is 82.3 Å². The molecule has 1 atom stereocenters. The first-order chi connectivity index (χ1) is 16.0. The Hall–Kier alpha value is -3.32. The van der Waals surface area contributed by atoms with Crippen LogP contribution in [-0.2, 0) is 4.79 Å². The molecule has 1 fully saturated rings. The van der Waals surface area contributed by atoms with Gasteiger partial charge in [-0.05, 0) is 67.6 Å². The fourth-order valence-corrected chi connectivity index (χ4v) is 5.01. The maximum Gasteiger partial charge on any atom is 0.277 e. The van der Waals surface area contributed by atoms with Gasteiger partial charge in [0.15, 0.2) is 11.8 Å². The monoisotopic (exact) mass is 461 g/mol. The lowest BCUT2D eigenvalue weighted by Crippen LogP contribution is -2.47. The van der Waals surface area contributed by atoms with E-state index in [1.807, 2.05) is 17.5 Å². The molecular weight excluding hydrogens is 434 g/mol. The molecule has 0 radical (unpaired) electrons. The van der Waals surface area contributed by atoms with Crippen LogP contribution < -0.4 is 10.2 Å². The highest BCUT2D eigenvalue weighted by Gasteiger charge is 2.35. The predicted octanol–water partition coefficient (Wildman–Crippen LogP) is 5.18. The van der Waals surface area contributed by atoms with E-state index in [1.165, 1.54) is 29.6 Å². The lowest BCUT2D eigenvalue weighted by Gasteiger charge is -2.32. The summed E-state index contributed by atoms with van der Waals surface area (Å²) in [5.41, 5.74) is 1.33. The number of carbonyl (C=O) groups is 3. The van der Waals surface area contributed by atoms with E-state index in [9.17, 15) is 14.4 Å². The standard InChI is InChI=1S/C26H27N3O3S/c1-18(30)19-12-14-21(15-13-19)29(26(32)22-10-5-6-16-27-22)24(23-11-7-17-33-23)25(31)28-20-8-3-2-4-9-20/h5-7,10-17,20,24H,2-4,8-9H2,1H3,(H,28,31). The smallest absolute Gasteiger partial charge is 0.277 e. The number of hydrogen-bond acceptors (Lipinski definition) is 5. The molecule has 170 valence electrons. The summed E-state index contributed by atoms with van der Waals surface area (Å²) >= 11 is 1.44. The fourth-order valence-electron chi connectivity index (χ4n) is 4.20. The molecule has 1 aliphatic rings. The van der Waals surface area contributed by atoms with Gasteiger partial charge in [0.05, 0.1) is 0 Å². The lowest BCUT2D eigenvalue weighted by molar-refractivity contribution is -0.123. The fraction of sp³-hybridized carbons (Fsp3) is 0.308. The third-order valence-corrected chi connectivity index (χ3v) is 6.85. The molecule has 4 rings (SSSR count). The highest BCUT2D eigenvalue weighted by atomic mass is 32.1. The number of pyridine rings is 1. The largest absolute Gasteiger partial charge is 0.351 e. The summed E-state index contributed by atoms with van der Waals surface area (Å²) in [5, 5.41) is 5.09. The Labute approximate surface area is 197 Å². The number of hydrogen-bond donors (Lipinski definition) is 1.